The maximum atomic E-state index is 9.11. The van der Waals surface area contributed by atoms with Gasteiger partial charge in [-0.3, -0.25) is 0 Å². The van der Waals surface area contributed by atoms with Crippen LogP contribution in [-0.4, -0.2) is 33.6 Å². The van der Waals surface area contributed by atoms with Crippen molar-refractivity contribution in [2.24, 2.45) is 11.7 Å². The van der Waals surface area contributed by atoms with Crippen LogP contribution in [0.3, 0.4) is 0 Å². The van der Waals surface area contributed by atoms with Crippen molar-refractivity contribution in [3.63, 3.8) is 0 Å². The molecule has 1 fully saturated rings. The molecule has 2 aromatic heterocycles. The number of nitriles is 1. The number of fused-ring (bicyclic) bond motifs is 1. The molecule has 7 heteroatoms. The van der Waals surface area contributed by atoms with Gasteiger partial charge in [0.1, 0.15) is 17.3 Å². The third-order valence-corrected chi connectivity index (χ3v) is 4.01. The molecule has 2 heterocycles. The molecule has 1 aliphatic carbocycles. The van der Waals surface area contributed by atoms with Crippen LogP contribution in [0.1, 0.15) is 32.4 Å². The molecule has 0 saturated heterocycles. The maximum Gasteiger partial charge on any atom is 0.223 e. The van der Waals surface area contributed by atoms with E-state index < -0.39 is 0 Å². The Morgan fingerprint density at radius 2 is 2.17 bits per heavy atom. The Labute approximate surface area is 135 Å². The lowest BCUT2D eigenvalue weighted by Crippen LogP contribution is -2.39. The molecule has 0 radical (unpaired) electrons. The van der Waals surface area contributed by atoms with Crippen molar-refractivity contribution in [3.05, 3.63) is 18.0 Å². The topological polar surface area (TPSA) is 113 Å². The van der Waals surface area contributed by atoms with Crippen molar-refractivity contribution in [1.82, 2.24) is 15.0 Å². The Morgan fingerprint density at radius 3 is 2.83 bits per heavy atom. The number of nitrogens with two attached hydrogens (primary N) is 1. The van der Waals surface area contributed by atoms with Gasteiger partial charge in [0.15, 0.2) is 5.82 Å². The molecule has 3 rings (SSSR count). The molecule has 0 unspecified atom stereocenters. The quantitative estimate of drug-likeness (QED) is 0.772. The van der Waals surface area contributed by atoms with Gasteiger partial charge in [0.2, 0.25) is 5.95 Å². The summed E-state index contributed by atoms with van der Waals surface area (Å²) in [5.41, 5.74) is 6.74. The summed E-state index contributed by atoms with van der Waals surface area (Å²) >= 11 is 0. The van der Waals surface area contributed by atoms with Crippen LogP contribution in [0.5, 0.6) is 0 Å². The standard InChI is InChI=1S/C16H21N7/c1-9(2)20-15-14-11(5-13(7-18)21-15)8-19-16(23-14)22-12-3-10(4-12)6-17/h5,8-10,12H,3-4,6,17H2,1-2H3,(H,20,21)(H,19,22,23). The highest BCUT2D eigenvalue weighted by atomic mass is 15.1. The van der Waals surface area contributed by atoms with Crippen molar-refractivity contribution < 1.29 is 0 Å². The van der Waals surface area contributed by atoms with Crippen molar-refractivity contribution in [3.8, 4) is 6.07 Å². The lowest BCUT2D eigenvalue weighted by Gasteiger charge is -2.34. The predicted octanol–water partition coefficient (Wildman–Crippen LogP) is 1.87. The molecule has 1 aliphatic rings. The van der Waals surface area contributed by atoms with E-state index in [1.165, 1.54) is 0 Å². The van der Waals surface area contributed by atoms with Crippen LogP contribution in [0, 0.1) is 17.2 Å². The van der Waals surface area contributed by atoms with Crippen molar-refractivity contribution in [2.45, 2.75) is 38.8 Å². The van der Waals surface area contributed by atoms with Gasteiger partial charge in [0, 0.05) is 23.7 Å². The highest BCUT2D eigenvalue weighted by molar-refractivity contribution is 5.89. The monoisotopic (exact) mass is 311 g/mol. The first kappa shape index (κ1) is 15.4. The molecular weight excluding hydrogens is 290 g/mol. The molecule has 0 aromatic carbocycles. The SMILES string of the molecule is CC(C)Nc1nc(C#N)cc2cnc(NC3CC(CN)C3)nc12. The third kappa shape index (κ3) is 3.32. The summed E-state index contributed by atoms with van der Waals surface area (Å²) in [5, 5.41) is 16.5. The van der Waals surface area contributed by atoms with E-state index in [4.69, 9.17) is 11.0 Å². The molecule has 7 nitrogen and oxygen atoms in total. The van der Waals surface area contributed by atoms with E-state index in [-0.39, 0.29) is 6.04 Å². The summed E-state index contributed by atoms with van der Waals surface area (Å²) in [5.74, 6) is 1.82. The zero-order chi connectivity index (χ0) is 16.4. The predicted molar refractivity (Wildman–Crippen MR) is 90.0 cm³/mol. The molecular formula is C16H21N7. The first-order chi connectivity index (χ1) is 11.1. The van der Waals surface area contributed by atoms with Gasteiger partial charge in [-0.2, -0.15) is 5.26 Å². The van der Waals surface area contributed by atoms with E-state index in [0.717, 1.165) is 30.3 Å². The third-order valence-electron chi connectivity index (χ3n) is 4.01. The van der Waals surface area contributed by atoms with E-state index in [1.807, 2.05) is 13.8 Å². The van der Waals surface area contributed by atoms with Crippen molar-refractivity contribution in [2.75, 3.05) is 17.2 Å². The summed E-state index contributed by atoms with van der Waals surface area (Å²) in [4.78, 5) is 13.3. The summed E-state index contributed by atoms with van der Waals surface area (Å²) in [6, 6.07) is 4.36. The van der Waals surface area contributed by atoms with Crippen LogP contribution in [0.15, 0.2) is 12.3 Å². The second kappa shape index (κ2) is 6.34. The molecule has 0 amide bonds. The second-order valence-electron chi connectivity index (χ2n) is 6.31. The lowest BCUT2D eigenvalue weighted by atomic mass is 9.80. The highest BCUT2D eigenvalue weighted by Gasteiger charge is 2.28. The summed E-state index contributed by atoms with van der Waals surface area (Å²) in [6.45, 7) is 4.78. The number of anilines is 2. The molecule has 120 valence electrons. The molecule has 0 bridgehead atoms. The van der Waals surface area contributed by atoms with Crippen LogP contribution < -0.4 is 16.4 Å². The van der Waals surface area contributed by atoms with E-state index in [9.17, 15) is 0 Å². The number of nitrogens with zero attached hydrogens (tertiary/aromatic N) is 4. The van der Waals surface area contributed by atoms with Gasteiger partial charge in [-0.15, -0.1) is 0 Å². The fourth-order valence-electron chi connectivity index (χ4n) is 2.77. The van der Waals surface area contributed by atoms with Gasteiger partial charge in [-0.05, 0) is 45.2 Å². The fraction of sp³-hybridized carbons (Fsp3) is 0.500. The van der Waals surface area contributed by atoms with Gasteiger partial charge in [0.05, 0.1) is 0 Å². The number of hydrogen-bond acceptors (Lipinski definition) is 7. The molecule has 1 saturated carbocycles. The fourth-order valence-corrected chi connectivity index (χ4v) is 2.77. The van der Waals surface area contributed by atoms with Gasteiger partial charge < -0.3 is 16.4 Å². The van der Waals surface area contributed by atoms with Gasteiger partial charge in [0.25, 0.3) is 0 Å². The van der Waals surface area contributed by atoms with Crippen molar-refractivity contribution in [1.29, 1.82) is 5.26 Å². The molecule has 0 atom stereocenters. The largest absolute Gasteiger partial charge is 0.366 e. The first-order valence-corrected chi connectivity index (χ1v) is 7.90. The average molecular weight is 311 g/mol. The van der Waals surface area contributed by atoms with E-state index in [1.54, 1.807) is 12.3 Å². The molecule has 4 N–H and O–H groups in total. The van der Waals surface area contributed by atoms with E-state index >= 15 is 0 Å². The summed E-state index contributed by atoms with van der Waals surface area (Å²) < 4.78 is 0. The van der Waals surface area contributed by atoms with Crippen LogP contribution in [0.4, 0.5) is 11.8 Å². The number of rotatable bonds is 5. The normalized spacial score (nSPS) is 20.1. The summed E-state index contributed by atoms with van der Waals surface area (Å²) in [7, 11) is 0. The van der Waals surface area contributed by atoms with E-state index in [2.05, 4.69) is 31.7 Å². The second-order valence-corrected chi connectivity index (χ2v) is 6.31. The Kier molecular flexibility index (Phi) is 4.26. The average Bonchev–Trinajstić information content (AvgIpc) is 2.49. The van der Waals surface area contributed by atoms with Crippen LogP contribution in [-0.2, 0) is 0 Å². The first-order valence-electron chi connectivity index (χ1n) is 7.90. The van der Waals surface area contributed by atoms with E-state index in [0.29, 0.717) is 29.4 Å². The number of hydrogen-bond donors (Lipinski definition) is 3. The minimum absolute atomic E-state index is 0.197. The minimum atomic E-state index is 0.197. The zero-order valence-corrected chi connectivity index (χ0v) is 13.4. The minimum Gasteiger partial charge on any atom is -0.366 e. The Bertz CT molecular complexity index is 744. The molecule has 0 aliphatic heterocycles. The molecule has 23 heavy (non-hydrogen) atoms. The lowest BCUT2D eigenvalue weighted by molar-refractivity contribution is 0.290. The van der Waals surface area contributed by atoms with Gasteiger partial charge in [-0.25, -0.2) is 15.0 Å². The number of pyridine rings is 1. The Balaban J connectivity index is 1.89. The smallest absolute Gasteiger partial charge is 0.223 e. The van der Waals surface area contributed by atoms with Crippen LogP contribution in [0.2, 0.25) is 0 Å². The van der Waals surface area contributed by atoms with Crippen LogP contribution >= 0.6 is 0 Å². The van der Waals surface area contributed by atoms with Crippen LogP contribution in [0.25, 0.3) is 10.9 Å². The summed E-state index contributed by atoms with van der Waals surface area (Å²) in [6.07, 6.45) is 3.85. The molecule has 2 aromatic rings. The Hall–Kier alpha value is -2.46. The number of nitrogens with one attached hydrogen (secondary N) is 2. The maximum absolute atomic E-state index is 9.11. The zero-order valence-electron chi connectivity index (χ0n) is 13.4. The molecule has 0 spiro atoms. The van der Waals surface area contributed by atoms with Gasteiger partial charge >= 0.3 is 0 Å². The van der Waals surface area contributed by atoms with Crippen molar-refractivity contribution >= 4 is 22.7 Å². The Morgan fingerprint density at radius 1 is 1.39 bits per heavy atom. The highest BCUT2D eigenvalue weighted by Crippen LogP contribution is 2.29. The van der Waals surface area contributed by atoms with Gasteiger partial charge in [-0.1, -0.05) is 0 Å². The number of aromatic nitrogens is 3.